The first-order valence-electron chi connectivity index (χ1n) is 6.38. The summed E-state index contributed by atoms with van der Waals surface area (Å²) in [7, 11) is -3.90. The zero-order valence-corrected chi connectivity index (χ0v) is 11.9. The van der Waals surface area contributed by atoms with E-state index in [0.29, 0.717) is 0 Å². The lowest BCUT2D eigenvalue weighted by Crippen LogP contribution is -2.40. The molecule has 1 aliphatic heterocycles. The molecule has 2 atom stereocenters. The number of carboxylic acids is 1. The number of hydrogen-bond donors (Lipinski definition) is 2. The predicted molar refractivity (Wildman–Crippen MR) is 71.8 cm³/mol. The largest absolute Gasteiger partial charge is 0.480 e. The molecule has 1 aliphatic rings. The third-order valence-electron chi connectivity index (χ3n) is 3.46. The maximum Gasteiger partial charge on any atom is 0.322 e. The molecule has 20 heavy (non-hydrogen) atoms. The minimum absolute atomic E-state index is 0.0510. The van der Waals surface area contributed by atoms with E-state index in [9.17, 15) is 18.3 Å². The molecular weight excluding hydrogens is 282 g/mol. The zero-order chi connectivity index (χ0) is 14.9. The molecule has 0 unspecified atom stereocenters. The van der Waals surface area contributed by atoms with Gasteiger partial charge in [0.2, 0.25) is 10.0 Å². The summed E-state index contributed by atoms with van der Waals surface area (Å²) in [6.45, 7) is 1.77. The molecule has 110 valence electrons. The van der Waals surface area contributed by atoms with E-state index in [1.165, 1.54) is 12.1 Å². The maximum atomic E-state index is 12.4. The lowest BCUT2D eigenvalue weighted by atomic mass is 10.2. The van der Waals surface area contributed by atoms with E-state index < -0.39 is 28.1 Å². The molecule has 0 aliphatic carbocycles. The third kappa shape index (κ3) is 2.70. The number of aryl methyl sites for hydroxylation is 1. The second kappa shape index (κ2) is 5.51. The predicted octanol–water partition coefficient (Wildman–Crippen LogP) is 0.457. The fourth-order valence-corrected chi connectivity index (χ4v) is 3.94. The number of carbonyl (C=O) groups is 1. The number of aliphatic hydroxyl groups excluding tert-OH is 1. The van der Waals surface area contributed by atoms with Crippen molar-refractivity contribution in [2.75, 3.05) is 6.54 Å². The average Bonchev–Trinajstić information content (AvgIpc) is 2.82. The second-order valence-corrected chi connectivity index (χ2v) is 6.71. The molecule has 2 rings (SSSR count). The molecule has 6 nitrogen and oxygen atoms in total. The number of sulfonamides is 1. The van der Waals surface area contributed by atoms with Crippen molar-refractivity contribution in [3.05, 3.63) is 29.8 Å². The van der Waals surface area contributed by atoms with Crippen molar-refractivity contribution in [3.63, 3.8) is 0 Å². The standard InChI is InChI=1S/C13H17NO5S/c1-2-9-3-5-11(6-4-9)20(18,19)14-8-10(15)7-12(14)13(16)17/h3-6,10,12,15H,2,7-8H2,1H3,(H,16,17)/t10-,12+/m1/s1. The van der Waals surface area contributed by atoms with E-state index in [2.05, 4.69) is 0 Å². The van der Waals surface area contributed by atoms with Crippen LogP contribution in [0.4, 0.5) is 0 Å². The van der Waals surface area contributed by atoms with Crippen LogP contribution in [0.5, 0.6) is 0 Å². The molecule has 0 spiro atoms. The number of hydrogen-bond acceptors (Lipinski definition) is 4. The number of β-amino-alcohol motifs (C(OH)–C–C–N with tert-alkyl or cyclic N) is 1. The molecule has 0 saturated carbocycles. The molecule has 7 heteroatoms. The molecule has 1 fully saturated rings. The number of aliphatic hydroxyl groups is 1. The Balaban J connectivity index is 2.35. The van der Waals surface area contributed by atoms with Crippen LogP contribution in [-0.2, 0) is 21.2 Å². The molecular formula is C13H17NO5S. The fraction of sp³-hybridized carbons (Fsp3) is 0.462. The van der Waals surface area contributed by atoms with E-state index in [-0.39, 0.29) is 17.9 Å². The van der Waals surface area contributed by atoms with Gasteiger partial charge in [-0.3, -0.25) is 4.79 Å². The minimum Gasteiger partial charge on any atom is -0.480 e. The zero-order valence-electron chi connectivity index (χ0n) is 11.1. The van der Waals surface area contributed by atoms with Crippen LogP contribution >= 0.6 is 0 Å². The summed E-state index contributed by atoms with van der Waals surface area (Å²) in [6, 6.07) is 5.14. The van der Waals surface area contributed by atoms with Gasteiger partial charge in [0.15, 0.2) is 0 Å². The number of nitrogens with zero attached hydrogens (tertiary/aromatic N) is 1. The highest BCUT2D eigenvalue weighted by Gasteiger charge is 2.43. The quantitative estimate of drug-likeness (QED) is 0.842. The Bertz CT molecular complexity index is 596. The lowest BCUT2D eigenvalue weighted by molar-refractivity contribution is -0.140. The Morgan fingerprint density at radius 3 is 2.45 bits per heavy atom. The first-order chi connectivity index (χ1) is 9.36. The van der Waals surface area contributed by atoms with Crippen LogP contribution in [0, 0.1) is 0 Å². The van der Waals surface area contributed by atoms with E-state index in [1.54, 1.807) is 12.1 Å². The van der Waals surface area contributed by atoms with Gasteiger partial charge in [0.1, 0.15) is 6.04 Å². The van der Waals surface area contributed by atoms with Crippen molar-refractivity contribution in [2.24, 2.45) is 0 Å². The molecule has 0 amide bonds. The second-order valence-electron chi connectivity index (χ2n) is 4.82. The van der Waals surface area contributed by atoms with Gasteiger partial charge in [0, 0.05) is 13.0 Å². The van der Waals surface area contributed by atoms with Gasteiger partial charge in [-0.2, -0.15) is 4.31 Å². The topological polar surface area (TPSA) is 94.9 Å². The van der Waals surface area contributed by atoms with E-state index in [0.717, 1.165) is 16.3 Å². The maximum absolute atomic E-state index is 12.4. The number of benzene rings is 1. The summed E-state index contributed by atoms with van der Waals surface area (Å²) in [4.78, 5) is 11.2. The van der Waals surface area contributed by atoms with Gasteiger partial charge in [-0.25, -0.2) is 8.42 Å². The van der Waals surface area contributed by atoms with Gasteiger partial charge in [-0.05, 0) is 24.1 Å². The van der Waals surface area contributed by atoms with Gasteiger partial charge in [-0.15, -0.1) is 0 Å². The average molecular weight is 299 g/mol. The Kier molecular flexibility index (Phi) is 4.12. The Labute approximate surface area is 117 Å². The highest BCUT2D eigenvalue weighted by atomic mass is 32.2. The Morgan fingerprint density at radius 1 is 1.35 bits per heavy atom. The molecule has 1 aromatic carbocycles. The van der Waals surface area contributed by atoms with Gasteiger partial charge in [0.05, 0.1) is 11.0 Å². The summed E-state index contributed by atoms with van der Waals surface area (Å²) in [5.74, 6) is -1.24. The number of rotatable bonds is 4. The summed E-state index contributed by atoms with van der Waals surface area (Å²) in [6.07, 6.45) is -0.233. The van der Waals surface area contributed by atoms with Crippen LogP contribution in [0.1, 0.15) is 18.9 Å². The summed E-state index contributed by atoms with van der Waals surface area (Å²) in [5.41, 5.74) is 1.00. The number of aliphatic carboxylic acids is 1. The Hall–Kier alpha value is -1.44. The van der Waals surface area contributed by atoms with Gasteiger partial charge in [-0.1, -0.05) is 19.1 Å². The Morgan fingerprint density at radius 2 is 1.95 bits per heavy atom. The summed E-state index contributed by atoms with van der Waals surface area (Å²) in [5, 5.41) is 18.6. The van der Waals surface area contributed by atoms with Crippen molar-refractivity contribution < 1.29 is 23.4 Å². The highest BCUT2D eigenvalue weighted by molar-refractivity contribution is 7.89. The van der Waals surface area contributed by atoms with Crippen molar-refractivity contribution >= 4 is 16.0 Å². The monoisotopic (exact) mass is 299 g/mol. The lowest BCUT2D eigenvalue weighted by Gasteiger charge is -2.20. The van der Waals surface area contributed by atoms with Crippen molar-refractivity contribution in [3.8, 4) is 0 Å². The third-order valence-corrected chi connectivity index (χ3v) is 5.35. The fourth-order valence-electron chi connectivity index (χ4n) is 2.31. The van der Waals surface area contributed by atoms with Crippen LogP contribution in [0.2, 0.25) is 0 Å². The smallest absolute Gasteiger partial charge is 0.322 e. The van der Waals surface area contributed by atoms with Crippen molar-refractivity contribution in [2.45, 2.75) is 36.8 Å². The van der Waals surface area contributed by atoms with E-state index in [4.69, 9.17) is 5.11 Å². The molecule has 1 heterocycles. The molecule has 0 aromatic heterocycles. The van der Waals surface area contributed by atoms with Crippen molar-refractivity contribution in [1.82, 2.24) is 4.31 Å². The van der Waals surface area contributed by atoms with Crippen molar-refractivity contribution in [1.29, 1.82) is 0 Å². The van der Waals surface area contributed by atoms with Crippen LogP contribution in [0.3, 0.4) is 0 Å². The highest BCUT2D eigenvalue weighted by Crippen LogP contribution is 2.26. The molecule has 1 aromatic rings. The first-order valence-corrected chi connectivity index (χ1v) is 7.82. The van der Waals surface area contributed by atoms with Crippen LogP contribution in [0.25, 0.3) is 0 Å². The van der Waals surface area contributed by atoms with E-state index in [1.807, 2.05) is 6.92 Å². The molecule has 1 saturated heterocycles. The molecule has 2 N–H and O–H groups in total. The normalized spacial score (nSPS) is 23.9. The summed E-state index contributed by atoms with van der Waals surface area (Å²) >= 11 is 0. The van der Waals surface area contributed by atoms with Gasteiger partial charge < -0.3 is 10.2 Å². The van der Waals surface area contributed by atoms with Crippen LogP contribution < -0.4 is 0 Å². The van der Waals surface area contributed by atoms with Crippen LogP contribution in [-0.4, -0.2) is 47.6 Å². The van der Waals surface area contributed by atoms with Crippen LogP contribution in [0.15, 0.2) is 29.2 Å². The molecule has 0 bridgehead atoms. The van der Waals surface area contributed by atoms with E-state index >= 15 is 0 Å². The van der Waals surface area contributed by atoms with Gasteiger partial charge >= 0.3 is 5.97 Å². The molecule has 0 radical (unpaired) electrons. The van der Waals surface area contributed by atoms with Gasteiger partial charge in [0.25, 0.3) is 0 Å². The SMILES string of the molecule is CCc1ccc(S(=O)(=O)N2C[C@H](O)C[C@H]2C(=O)O)cc1. The number of carboxylic acid groups (broad SMARTS) is 1. The first kappa shape index (κ1) is 15.0. The minimum atomic E-state index is -3.90. The summed E-state index contributed by atoms with van der Waals surface area (Å²) < 4.78 is 25.8.